The van der Waals surface area contributed by atoms with Crippen LogP contribution in [0.4, 0.5) is 0 Å². The third-order valence-corrected chi connectivity index (χ3v) is 5.51. The molecule has 0 bridgehead atoms. The van der Waals surface area contributed by atoms with Crippen molar-refractivity contribution >= 4 is 23.2 Å². The molecule has 1 fully saturated rings. The molecule has 136 valence electrons. The molecule has 0 radical (unpaired) electrons. The summed E-state index contributed by atoms with van der Waals surface area (Å²) < 4.78 is 2.03. The van der Waals surface area contributed by atoms with E-state index in [1.807, 2.05) is 21.8 Å². The van der Waals surface area contributed by atoms with Crippen LogP contribution in [-0.2, 0) is 17.8 Å². The first-order valence-electron chi connectivity index (χ1n) is 8.60. The van der Waals surface area contributed by atoms with Crippen molar-refractivity contribution < 1.29 is 9.59 Å². The van der Waals surface area contributed by atoms with Crippen molar-refractivity contribution in [3.8, 4) is 17.5 Å². The molecule has 3 heterocycles. The number of carbonyl (C=O) groups excluding carboxylic acids is 2. The maximum atomic E-state index is 11.8. The van der Waals surface area contributed by atoms with Gasteiger partial charge in [-0.05, 0) is 25.8 Å². The maximum absolute atomic E-state index is 11.8. The number of nitrogens with two attached hydrogens (primary N) is 1. The van der Waals surface area contributed by atoms with Gasteiger partial charge in [-0.3, -0.25) is 9.59 Å². The highest BCUT2D eigenvalue weighted by Gasteiger charge is 2.21. The minimum absolute atomic E-state index is 0.216. The van der Waals surface area contributed by atoms with E-state index in [-0.39, 0.29) is 12.3 Å². The average Bonchev–Trinajstić information content (AvgIpc) is 3.29. The van der Waals surface area contributed by atoms with Crippen LogP contribution in [0.3, 0.4) is 0 Å². The molecule has 2 aromatic rings. The number of carbonyl (C=O) groups is 2. The third-order valence-electron chi connectivity index (χ3n) is 4.66. The Labute approximate surface area is 156 Å². The second-order valence-electron chi connectivity index (χ2n) is 6.34. The summed E-state index contributed by atoms with van der Waals surface area (Å²) in [6, 6.07) is 3.87. The molecule has 0 aliphatic carbocycles. The predicted octanol–water partition coefficient (Wildman–Crippen LogP) is 2.10. The standard InChI is InChI=1S/C18H21N5O2S/c1-12-13(18(20)25)10-15(14-11-26-16(21-14)5-6-19)23(12)9-3-8-22-7-2-4-17(22)24/h10-11H,2-5,7-9H2,1H3,(H2,20,25). The van der Waals surface area contributed by atoms with E-state index in [1.165, 1.54) is 11.3 Å². The number of amides is 2. The fourth-order valence-corrected chi connectivity index (χ4v) is 4.05. The first-order chi connectivity index (χ1) is 12.5. The van der Waals surface area contributed by atoms with Gasteiger partial charge in [0.1, 0.15) is 5.01 Å². The Bertz CT molecular complexity index is 877. The molecule has 1 aliphatic heterocycles. The largest absolute Gasteiger partial charge is 0.366 e. The van der Waals surface area contributed by atoms with Crippen LogP contribution in [-0.4, -0.2) is 39.4 Å². The van der Waals surface area contributed by atoms with Crippen molar-refractivity contribution in [3.63, 3.8) is 0 Å². The number of rotatable bonds is 7. The van der Waals surface area contributed by atoms with Gasteiger partial charge < -0.3 is 15.2 Å². The van der Waals surface area contributed by atoms with Gasteiger partial charge in [0.15, 0.2) is 0 Å². The van der Waals surface area contributed by atoms with Gasteiger partial charge in [0.2, 0.25) is 5.91 Å². The molecule has 0 aromatic carbocycles. The number of likely N-dealkylation sites (tertiary alicyclic amines) is 1. The minimum atomic E-state index is -0.468. The Morgan fingerprint density at radius 2 is 2.27 bits per heavy atom. The lowest BCUT2D eigenvalue weighted by Gasteiger charge is -2.17. The Balaban J connectivity index is 1.83. The molecule has 0 unspecified atom stereocenters. The van der Waals surface area contributed by atoms with Gasteiger partial charge in [0.25, 0.3) is 5.91 Å². The lowest BCUT2D eigenvalue weighted by molar-refractivity contribution is -0.127. The van der Waals surface area contributed by atoms with Crippen LogP contribution in [0.5, 0.6) is 0 Å². The molecule has 2 amide bonds. The van der Waals surface area contributed by atoms with Crippen molar-refractivity contribution in [2.45, 2.75) is 39.2 Å². The van der Waals surface area contributed by atoms with Gasteiger partial charge in [0, 0.05) is 37.1 Å². The summed E-state index contributed by atoms with van der Waals surface area (Å²) in [5.41, 5.74) is 8.36. The number of nitrogens with zero attached hydrogens (tertiary/aromatic N) is 4. The highest BCUT2D eigenvalue weighted by Crippen LogP contribution is 2.28. The first-order valence-corrected chi connectivity index (χ1v) is 9.48. The summed E-state index contributed by atoms with van der Waals surface area (Å²) in [6.07, 6.45) is 2.63. The molecule has 8 heteroatoms. The Morgan fingerprint density at radius 1 is 1.46 bits per heavy atom. The number of hydrogen-bond acceptors (Lipinski definition) is 5. The number of aromatic nitrogens is 2. The number of thiazole rings is 1. The average molecular weight is 371 g/mol. The van der Waals surface area contributed by atoms with Gasteiger partial charge >= 0.3 is 0 Å². The van der Waals surface area contributed by atoms with E-state index in [1.54, 1.807) is 6.07 Å². The van der Waals surface area contributed by atoms with Crippen LogP contribution < -0.4 is 5.73 Å². The summed E-state index contributed by atoms with van der Waals surface area (Å²) in [7, 11) is 0. The molecule has 26 heavy (non-hydrogen) atoms. The van der Waals surface area contributed by atoms with E-state index in [9.17, 15) is 9.59 Å². The molecular formula is C18H21N5O2S. The van der Waals surface area contributed by atoms with Crippen molar-refractivity contribution in [1.29, 1.82) is 5.26 Å². The van der Waals surface area contributed by atoms with Gasteiger partial charge in [-0.2, -0.15) is 5.26 Å². The molecule has 2 aromatic heterocycles. The highest BCUT2D eigenvalue weighted by atomic mass is 32.1. The summed E-state index contributed by atoms with van der Waals surface area (Å²) in [6.45, 7) is 4.07. The molecule has 0 atom stereocenters. The van der Waals surface area contributed by atoms with E-state index in [0.717, 1.165) is 41.5 Å². The second kappa shape index (κ2) is 7.70. The van der Waals surface area contributed by atoms with Crippen LogP contribution >= 0.6 is 11.3 Å². The lowest BCUT2D eigenvalue weighted by atomic mass is 10.2. The van der Waals surface area contributed by atoms with Crippen LogP contribution in [0.25, 0.3) is 11.4 Å². The summed E-state index contributed by atoms with van der Waals surface area (Å²) in [5, 5.41) is 11.5. The predicted molar refractivity (Wildman–Crippen MR) is 98.5 cm³/mol. The maximum Gasteiger partial charge on any atom is 0.250 e. The number of nitriles is 1. The summed E-state index contributed by atoms with van der Waals surface area (Å²) >= 11 is 1.43. The van der Waals surface area contributed by atoms with Crippen LogP contribution in [0, 0.1) is 18.3 Å². The fraction of sp³-hybridized carbons (Fsp3) is 0.444. The van der Waals surface area contributed by atoms with Crippen LogP contribution in [0.1, 0.15) is 40.3 Å². The van der Waals surface area contributed by atoms with E-state index in [2.05, 4.69) is 11.1 Å². The van der Waals surface area contributed by atoms with E-state index in [0.29, 0.717) is 25.1 Å². The first kappa shape index (κ1) is 18.1. The molecule has 1 aliphatic rings. The zero-order valence-corrected chi connectivity index (χ0v) is 15.5. The van der Waals surface area contributed by atoms with Crippen molar-refractivity contribution in [3.05, 3.63) is 27.7 Å². The van der Waals surface area contributed by atoms with Crippen molar-refractivity contribution in [2.24, 2.45) is 5.73 Å². The van der Waals surface area contributed by atoms with Crippen molar-refractivity contribution in [1.82, 2.24) is 14.5 Å². The lowest BCUT2D eigenvalue weighted by Crippen LogP contribution is -2.26. The highest BCUT2D eigenvalue weighted by molar-refractivity contribution is 7.10. The van der Waals surface area contributed by atoms with Gasteiger partial charge in [-0.25, -0.2) is 4.98 Å². The Morgan fingerprint density at radius 3 is 2.92 bits per heavy atom. The molecule has 2 N–H and O–H groups in total. The van der Waals surface area contributed by atoms with E-state index in [4.69, 9.17) is 11.0 Å². The van der Waals surface area contributed by atoms with E-state index < -0.39 is 5.91 Å². The van der Waals surface area contributed by atoms with E-state index >= 15 is 0 Å². The molecule has 3 rings (SSSR count). The molecule has 1 saturated heterocycles. The fourth-order valence-electron chi connectivity index (χ4n) is 3.33. The monoisotopic (exact) mass is 371 g/mol. The van der Waals surface area contributed by atoms with Gasteiger partial charge in [-0.15, -0.1) is 11.3 Å². The zero-order valence-electron chi connectivity index (χ0n) is 14.7. The number of primary amides is 1. The molecule has 0 spiro atoms. The molecule has 7 nitrogen and oxygen atoms in total. The summed E-state index contributed by atoms with van der Waals surface area (Å²) in [5.74, 6) is -0.252. The Kier molecular flexibility index (Phi) is 5.38. The van der Waals surface area contributed by atoms with Crippen LogP contribution in [0.15, 0.2) is 11.4 Å². The summed E-state index contributed by atoms with van der Waals surface area (Å²) in [4.78, 5) is 29.9. The minimum Gasteiger partial charge on any atom is -0.366 e. The topological polar surface area (TPSA) is 105 Å². The van der Waals surface area contributed by atoms with Crippen molar-refractivity contribution in [2.75, 3.05) is 13.1 Å². The SMILES string of the molecule is Cc1c(C(N)=O)cc(-c2csc(CC#N)n2)n1CCCN1CCCC1=O. The van der Waals surface area contributed by atoms with Crippen LogP contribution in [0.2, 0.25) is 0 Å². The Hall–Kier alpha value is -2.66. The normalized spacial score (nSPS) is 14.0. The molecular weight excluding hydrogens is 350 g/mol. The number of hydrogen-bond donors (Lipinski definition) is 1. The van der Waals surface area contributed by atoms with Gasteiger partial charge in [0.05, 0.1) is 29.4 Å². The molecule has 0 saturated carbocycles. The third kappa shape index (κ3) is 3.63. The quantitative estimate of drug-likeness (QED) is 0.804. The second-order valence-corrected chi connectivity index (χ2v) is 7.29. The smallest absolute Gasteiger partial charge is 0.250 e. The zero-order chi connectivity index (χ0) is 18.7. The van der Waals surface area contributed by atoms with Gasteiger partial charge in [-0.1, -0.05) is 0 Å².